The van der Waals surface area contributed by atoms with Gasteiger partial charge in [0.05, 0.1) is 29.2 Å². The van der Waals surface area contributed by atoms with Gasteiger partial charge in [-0.2, -0.15) is 0 Å². The lowest BCUT2D eigenvalue weighted by atomic mass is 10.1. The third kappa shape index (κ3) is 3.51. The number of hydrogen-bond acceptors (Lipinski definition) is 4. The van der Waals surface area contributed by atoms with Crippen LogP contribution in [0.4, 0.5) is 21.5 Å². The van der Waals surface area contributed by atoms with Gasteiger partial charge < -0.3 is 15.8 Å². The van der Waals surface area contributed by atoms with Gasteiger partial charge in [-0.3, -0.25) is 0 Å². The lowest BCUT2D eigenvalue weighted by Crippen LogP contribution is -2.06. The highest BCUT2D eigenvalue weighted by Crippen LogP contribution is 2.26. The highest BCUT2D eigenvalue weighted by Gasteiger charge is 2.10. The summed E-state index contributed by atoms with van der Waals surface area (Å²) in [6.07, 6.45) is 0. The van der Waals surface area contributed by atoms with Gasteiger partial charge in [-0.25, -0.2) is 9.18 Å². The number of rotatable bonds is 4. The molecule has 0 radical (unpaired) electrons. The molecule has 0 saturated carbocycles. The standard InChI is InChI=1S/C16H17FN2O2/c1-3-21-16(20)11-5-7-15(13(18)9-11)19-14-6-4-10(2)8-12(14)17/h4-9,19H,3,18H2,1-2H3. The van der Waals surface area contributed by atoms with Crippen molar-refractivity contribution in [1.82, 2.24) is 0 Å². The molecule has 0 saturated heterocycles. The Morgan fingerprint density at radius 3 is 2.57 bits per heavy atom. The van der Waals surface area contributed by atoms with Crippen molar-refractivity contribution in [2.75, 3.05) is 17.7 Å². The van der Waals surface area contributed by atoms with Gasteiger partial charge in [0, 0.05) is 0 Å². The maximum atomic E-state index is 13.8. The Morgan fingerprint density at radius 1 is 1.24 bits per heavy atom. The number of nitrogen functional groups attached to an aromatic ring is 1. The second kappa shape index (κ2) is 6.26. The van der Waals surface area contributed by atoms with Crippen LogP contribution >= 0.6 is 0 Å². The van der Waals surface area contributed by atoms with Crippen molar-refractivity contribution >= 4 is 23.0 Å². The molecule has 4 nitrogen and oxygen atoms in total. The van der Waals surface area contributed by atoms with Crippen LogP contribution in [0, 0.1) is 12.7 Å². The number of nitrogens with two attached hydrogens (primary N) is 1. The topological polar surface area (TPSA) is 64.3 Å². The maximum Gasteiger partial charge on any atom is 0.338 e. The third-order valence-electron chi connectivity index (χ3n) is 2.96. The Bertz CT molecular complexity index is 671. The van der Waals surface area contributed by atoms with E-state index in [4.69, 9.17) is 10.5 Å². The number of aryl methyl sites for hydroxylation is 1. The van der Waals surface area contributed by atoms with Crippen molar-refractivity contribution in [3.8, 4) is 0 Å². The van der Waals surface area contributed by atoms with Crippen LogP contribution in [0.3, 0.4) is 0 Å². The van der Waals surface area contributed by atoms with Crippen molar-refractivity contribution in [3.63, 3.8) is 0 Å². The molecular formula is C16H17FN2O2. The first-order valence-electron chi connectivity index (χ1n) is 6.61. The molecule has 0 aliphatic carbocycles. The van der Waals surface area contributed by atoms with Crippen molar-refractivity contribution in [3.05, 3.63) is 53.3 Å². The van der Waals surface area contributed by atoms with E-state index in [1.54, 1.807) is 31.2 Å². The van der Waals surface area contributed by atoms with E-state index in [0.29, 0.717) is 29.2 Å². The van der Waals surface area contributed by atoms with E-state index in [-0.39, 0.29) is 5.82 Å². The minimum absolute atomic E-state index is 0.299. The van der Waals surface area contributed by atoms with Gasteiger partial charge >= 0.3 is 5.97 Å². The molecule has 0 bridgehead atoms. The first-order chi connectivity index (χ1) is 10.0. The zero-order valence-corrected chi connectivity index (χ0v) is 11.9. The molecule has 0 heterocycles. The minimum atomic E-state index is -0.433. The van der Waals surface area contributed by atoms with E-state index in [1.165, 1.54) is 12.1 Å². The van der Waals surface area contributed by atoms with Crippen molar-refractivity contribution in [2.45, 2.75) is 13.8 Å². The second-order valence-corrected chi connectivity index (χ2v) is 4.63. The van der Waals surface area contributed by atoms with Gasteiger partial charge in [-0.05, 0) is 49.7 Å². The largest absolute Gasteiger partial charge is 0.462 e. The Kier molecular flexibility index (Phi) is 4.42. The second-order valence-electron chi connectivity index (χ2n) is 4.63. The highest BCUT2D eigenvalue weighted by molar-refractivity contribution is 5.92. The summed E-state index contributed by atoms with van der Waals surface area (Å²) in [7, 11) is 0. The fourth-order valence-corrected chi connectivity index (χ4v) is 1.88. The summed E-state index contributed by atoms with van der Waals surface area (Å²) in [5.74, 6) is -0.791. The summed E-state index contributed by atoms with van der Waals surface area (Å²) in [6.45, 7) is 3.85. The molecule has 2 aromatic rings. The van der Waals surface area contributed by atoms with E-state index >= 15 is 0 Å². The lowest BCUT2D eigenvalue weighted by molar-refractivity contribution is 0.0526. The smallest absolute Gasteiger partial charge is 0.338 e. The van der Waals surface area contributed by atoms with Crippen LogP contribution in [0.15, 0.2) is 36.4 Å². The Balaban J connectivity index is 2.23. The van der Waals surface area contributed by atoms with Gasteiger partial charge in [-0.15, -0.1) is 0 Å². The quantitative estimate of drug-likeness (QED) is 0.666. The molecule has 0 amide bonds. The van der Waals surface area contributed by atoms with Crippen molar-refractivity contribution in [2.24, 2.45) is 0 Å². The van der Waals surface area contributed by atoms with E-state index in [0.717, 1.165) is 5.56 Å². The van der Waals surface area contributed by atoms with E-state index in [9.17, 15) is 9.18 Å². The third-order valence-corrected chi connectivity index (χ3v) is 2.96. The van der Waals surface area contributed by atoms with Gasteiger partial charge in [0.25, 0.3) is 0 Å². The Hall–Kier alpha value is -2.56. The molecule has 2 rings (SSSR count). The predicted octanol–water partition coefficient (Wildman–Crippen LogP) is 3.64. The number of carbonyl (C=O) groups is 1. The molecule has 21 heavy (non-hydrogen) atoms. The van der Waals surface area contributed by atoms with Gasteiger partial charge in [0.15, 0.2) is 0 Å². The average molecular weight is 288 g/mol. The molecule has 0 aliphatic rings. The predicted molar refractivity (Wildman–Crippen MR) is 81.2 cm³/mol. The molecule has 0 aliphatic heterocycles. The molecular weight excluding hydrogens is 271 g/mol. The molecule has 110 valence electrons. The Morgan fingerprint density at radius 2 is 1.95 bits per heavy atom. The molecule has 5 heteroatoms. The van der Waals surface area contributed by atoms with Crippen LogP contribution in [0.25, 0.3) is 0 Å². The Labute approximate surface area is 122 Å². The number of hydrogen-bond donors (Lipinski definition) is 2. The number of ether oxygens (including phenoxy) is 1. The zero-order valence-electron chi connectivity index (χ0n) is 11.9. The summed E-state index contributed by atoms with van der Waals surface area (Å²) in [4.78, 5) is 11.6. The van der Waals surface area contributed by atoms with Gasteiger partial charge in [-0.1, -0.05) is 6.07 Å². The number of nitrogens with one attached hydrogen (secondary N) is 1. The van der Waals surface area contributed by atoms with E-state index in [2.05, 4.69) is 5.32 Å². The maximum absolute atomic E-state index is 13.8. The molecule has 0 fully saturated rings. The fourth-order valence-electron chi connectivity index (χ4n) is 1.88. The molecule has 3 N–H and O–H groups in total. The van der Waals surface area contributed by atoms with Crippen LogP contribution in [0.2, 0.25) is 0 Å². The molecule has 2 aromatic carbocycles. The minimum Gasteiger partial charge on any atom is -0.462 e. The SMILES string of the molecule is CCOC(=O)c1ccc(Nc2ccc(C)cc2F)c(N)c1. The fraction of sp³-hybridized carbons (Fsp3) is 0.188. The first-order valence-corrected chi connectivity index (χ1v) is 6.61. The molecule has 0 spiro atoms. The van der Waals surface area contributed by atoms with E-state index < -0.39 is 5.97 Å². The number of halogens is 1. The summed E-state index contributed by atoms with van der Waals surface area (Å²) in [6, 6.07) is 9.60. The van der Waals surface area contributed by atoms with Crippen molar-refractivity contribution in [1.29, 1.82) is 0 Å². The number of carbonyl (C=O) groups excluding carboxylic acids is 1. The van der Waals surface area contributed by atoms with E-state index in [1.807, 2.05) is 6.92 Å². The zero-order chi connectivity index (χ0) is 15.4. The molecule has 0 unspecified atom stereocenters. The molecule has 0 atom stereocenters. The van der Waals surface area contributed by atoms with Crippen LogP contribution in [-0.4, -0.2) is 12.6 Å². The van der Waals surface area contributed by atoms with Gasteiger partial charge in [0.1, 0.15) is 5.82 Å². The first kappa shape index (κ1) is 14.8. The normalized spacial score (nSPS) is 10.2. The summed E-state index contributed by atoms with van der Waals surface area (Å²) in [5.41, 5.74) is 8.30. The summed E-state index contributed by atoms with van der Waals surface area (Å²) in [5, 5.41) is 2.91. The molecule has 0 aromatic heterocycles. The average Bonchev–Trinajstić information content (AvgIpc) is 2.44. The number of benzene rings is 2. The monoisotopic (exact) mass is 288 g/mol. The van der Waals surface area contributed by atoms with Gasteiger partial charge in [0.2, 0.25) is 0 Å². The van der Waals surface area contributed by atoms with Crippen LogP contribution in [0.5, 0.6) is 0 Å². The van der Waals surface area contributed by atoms with Crippen LogP contribution in [-0.2, 0) is 4.74 Å². The summed E-state index contributed by atoms with van der Waals surface area (Å²) >= 11 is 0. The van der Waals surface area contributed by atoms with Crippen molar-refractivity contribution < 1.29 is 13.9 Å². The van der Waals surface area contributed by atoms with Crippen LogP contribution in [0.1, 0.15) is 22.8 Å². The van der Waals surface area contributed by atoms with Crippen LogP contribution < -0.4 is 11.1 Å². The number of esters is 1. The lowest BCUT2D eigenvalue weighted by Gasteiger charge is -2.12. The highest BCUT2D eigenvalue weighted by atomic mass is 19.1. The number of anilines is 3. The summed E-state index contributed by atoms with van der Waals surface area (Å²) < 4.78 is 18.7.